The summed E-state index contributed by atoms with van der Waals surface area (Å²) in [5, 5.41) is 0. The first kappa shape index (κ1) is 12.3. The molecule has 4 nitrogen and oxygen atoms in total. The Kier molecular flexibility index (Phi) is 4.57. The minimum Gasteiger partial charge on any atom is -0.497 e. The molecular formula is C11H13FO4. The smallest absolute Gasteiger partial charge is 0.381 e. The zero-order valence-electron chi connectivity index (χ0n) is 9.10. The molecule has 1 unspecified atom stereocenters. The predicted octanol–water partition coefficient (Wildman–Crippen LogP) is 1.93. The number of hydrogen-bond donors (Lipinski definition) is 0. The summed E-state index contributed by atoms with van der Waals surface area (Å²) < 4.78 is 27.3. The fourth-order valence-electron chi connectivity index (χ4n) is 1.05. The van der Waals surface area contributed by atoms with Crippen LogP contribution in [-0.4, -0.2) is 26.0 Å². The molecule has 1 aromatic carbocycles. The van der Waals surface area contributed by atoms with Crippen LogP contribution in [0.5, 0.6) is 11.5 Å². The van der Waals surface area contributed by atoms with Crippen molar-refractivity contribution < 1.29 is 23.4 Å². The number of esters is 1. The third-order valence-electron chi connectivity index (χ3n) is 1.75. The molecule has 1 atom stereocenters. The van der Waals surface area contributed by atoms with Crippen molar-refractivity contribution >= 4 is 5.97 Å². The lowest BCUT2D eigenvalue weighted by Gasteiger charge is -2.10. The quantitative estimate of drug-likeness (QED) is 0.722. The Bertz CT molecular complexity index is 354. The van der Waals surface area contributed by atoms with Crippen molar-refractivity contribution in [1.82, 2.24) is 0 Å². The van der Waals surface area contributed by atoms with Gasteiger partial charge in [-0.1, -0.05) is 6.07 Å². The molecule has 88 valence electrons. The van der Waals surface area contributed by atoms with Gasteiger partial charge in [0.1, 0.15) is 11.5 Å². The van der Waals surface area contributed by atoms with Crippen molar-refractivity contribution in [2.75, 3.05) is 13.7 Å². The summed E-state index contributed by atoms with van der Waals surface area (Å²) in [4.78, 5) is 10.9. The van der Waals surface area contributed by atoms with Gasteiger partial charge in [0.2, 0.25) is 0 Å². The maximum Gasteiger partial charge on any atom is 0.381 e. The average molecular weight is 228 g/mol. The van der Waals surface area contributed by atoms with Gasteiger partial charge < -0.3 is 14.2 Å². The zero-order chi connectivity index (χ0) is 12.0. The van der Waals surface area contributed by atoms with E-state index in [1.54, 1.807) is 19.1 Å². The van der Waals surface area contributed by atoms with E-state index in [-0.39, 0.29) is 12.4 Å². The van der Waals surface area contributed by atoms with Gasteiger partial charge in [-0.05, 0) is 19.1 Å². The van der Waals surface area contributed by atoms with Gasteiger partial charge in [0, 0.05) is 6.07 Å². The summed E-state index contributed by atoms with van der Waals surface area (Å²) in [6.45, 7) is 1.71. The minimum atomic E-state index is -2.12. The largest absolute Gasteiger partial charge is 0.497 e. The predicted molar refractivity (Wildman–Crippen MR) is 55.2 cm³/mol. The lowest BCUT2D eigenvalue weighted by molar-refractivity contribution is -0.159. The SMILES string of the molecule is CCOC(=O)C(F)Oc1cccc(OC)c1. The zero-order valence-corrected chi connectivity index (χ0v) is 9.10. The number of benzene rings is 1. The Morgan fingerprint density at radius 2 is 2.12 bits per heavy atom. The van der Waals surface area contributed by atoms with Crippen molar-refractivity contribution in [3.63, 3.8) is 0 Å². The Labute approximate surface area is 92.9 Å². The van der Waals surface area contributed by atoms with Gasteiger partial charge >= 0.3 is 12.3 Å². The molecule has 0 radical (unpaired) electrons. The topological polar surface area (TPSA) is 44.8 Å². The summed E-state index contributed by atoms with van der Waals surface area (Å²) in [7, 11) is 1.48. The van der Waals surface area contributed by atoms with E-state index in [1.807, 2.05) is 0 Å². The third kappa shape index (κ3) is 3.42. The monoisotopic (exact) mass is 228 g/mol. The highest BCUT2D eigenvalue weighted by atomic mass is 19.1. The maximum absolute atomic E-state index is 13.2. The molecule has 0 fully saturated rings. The summed E-state index contributed by atoms with van der Waals surface area (Å²) in [5.41, 5.74) is 0. The fraction of sp³-hybridized carbons (Fsp3) is 0.364. The average Bonchev–Trinajstić information content (AvgIpc) is 2.29. The van der Waals surface area contributed by atoms with E-state index in [0.29, 0.717) is 5.75 Å². The minimum absolute atomic E-state index is 0.112. The van der Waals surface area contributed by atoms with E-state index < -0.39 is 12.3 Å². The second-order valence-corrected chi connectivity index (χ2v) is 2.86. The maximum atomic E-state index is 13.2. The molecular weight excluding hydrogens is 215 g/mol. The van der Waals surface area contributed by atoms with E-state index in [4.69, 9.17) is 9.47 Å². The first-order chi connectivity index (χ1) is 7.67. The van der Waals surface area contributed by atoms with Gasteiger partial charge in [-0.3, -0.25) is 0 Å². The van der Waals surface area contributed by atoms with E-state index in [2.05, 4.69) is 4.74 Å². The van der Waals surface area contributed by atoms with Gasteiger partial charge in [-0.25, -0.2) is 4.79 Å². The molecule has 0 spiro atoms. The van der Waals surface area contributed by atoms with Crippen LogP contribution in [0.2, 0.25) is 0 Å². The van der Waals surface area contributed by atoms with Gasteiger partial charge in [0.15, 0.2) is 0 Å². The van der Waals surface area contributed by atoms with E-state index >= 15 is 0 Å². The number of alkyl halides is 1. The molecule has 0 bridgehead atoms. The van der Waals surface area contributed by atoms with Crippen LogP contribution in [0.25, 0.3) is 0 Å². The first-order valence-corrected chi connectivity index (χ1v) is 4.78. The molecule has 0 aliphatic carbocycles. The van der Waals surface area contributed by atoms with E-state index in [9.17, 15) is 9.18 Å². The fourth-order valence-corrected chi connectivity index (χ4v) is 1.05. The van der Waals surface area contributed by atoms with Crippen LogP contribution in [0, 0.1) is 0 Å². The first-order valence-electron chi connectivity index (χ1n) is 4.78. The molecule has 0 saturated carbocycles. The van der Waals surface area contributed by atoms with Crippen molar-refractivity contribution in [2.24, 2.45) is 0 Å². The number of carbonyl (C=O) groups excluding carboxylic acids is 1. The van der Waals surface area contributed by atoms with Crippen molar-refractivity contribution in [3.8, 4) is 11.5 Å². The summed E-state index contributed by atoms with van der Waals surface area (Å²) in [5.74, 6) is -0.307. The molecule has 0 heterocycles. The van der Waals surface area contributed by atoms with Crippen LogP contribution in [0.3, 0.4) is 0 Å². The Hall–Kier alpha value is -1.78. The number of rotatable bonds is 5. The van der Waals surface area contributed by atoms with Crippen LogP contribution >= 0.6 is 0 Å². The highest BCUT2D eigenvalue weighted by Gasteiger charge is 2.20. The lowest BCUT2D eigenvalue weighted by atomic mass is 10.3. The molecule has 0 aliphatic heterocycles. The molecule has 0 saturated heterocycles. The summed E-state index contributed by atoms with van der Waals surface area (Å²) >= 11 is 0. The number of halogens is 1. The molecule has 0 aromatic heterocycles. The Balaban J connectivity index is 2.61. The third-order valence-corrected chi connectivity index (χ3v) is 1.75. The lowest BCUT2D eigenvalue weighted by Crippen LogP contribution is -2.24. The number of carbonyl (C=O) groups is 1. The Morgan fingerprint density at radius 3 is 2.75 bits per heavy atom. The summed E-state index contributed by atoms with van der Waals surface area (Å²) in [6, 6.07) is 6.32. The standard InChI is InChI=1S/C11H13FO4/c1-3-15-11(13)10(12)16-9-6-4-5-8(7-9)14-2/h4-7,10H,3H2,1-2H3. The second-order valence-electron chi connectivity index (χ2n) is 2.86. The van der Waals surface area contributed by atoms with Crippen LogP contribution in [0.4, 0.5) is 4.39 Å². The van der Waals surface area contributed by atoms with Crippen molar-refractivity contribution in [1.29, 1.82) is 0 Å². The van der Waals surface area contributed by atoms with Crippen molar-refractivity contribution in [3.05, 3.63) is 24.3 Å². The molecule has 5 heteroatoms. The molecule has 1 aromatic rings. The van der Waals surface area contributed by atoms with Gasteiger partial charge in [0.05, 0.1) is 13.7 Å². The molecule has 1 rings (SSSR count). The highest BCUT2D eigenvalue weighted by Crippen LogP contribution is 2.20. The van der Waals surface area contributed by atoms with Crippen LogP contribution in [0.15, 0.2) is 24.3 Å². The van der Waals surface area contributed by atoms with Gasteiger partial charge in [-0.2, -0.15) is 4.39 Å². The van der Waals surface area contributed by atoms with Crippen LogP contribution in [0.1, 0.15) is 6.92 Å². The summed E-state index contributed by atoms with van der Waals surface area (Å²) in [6.07, 6.45) is -2.12. The molecule has 0 amide bonds. The van der Waals surface area contributed by atoms with Gasteiger partial charge in [0.25, 0.3) is 0 Å². The van der Waals surface area contributed by atoms with E-state index in [1.165, 1.54) is 19.2 Å². The molecule has 0 N–H and O–H groups in total. The van der Waals surface area contributed by atoms with Crippen LogP contribution in [-0.2, 0) is 9.53 Å². The van der Waals surface area contributed by atoms with Gasteiger partial charge in [-0.15, -0.1) is 0 Å². The second kappa shape index (κ2) is 5.95. The van der Waals surface area contributed by atoms with E-state index in [0.717, 1.165) is 0 Å². The normalized spacial score (nSPS) is 11.7. The molecule has 0 aliphatic rings. The van der Waals surface area contributed by atoms with Crippen LogP contribution < -0.4 is 9.47 Å². The molecule has 16 heavy (non-hydrogen) atoms. The number of ether oxygens (including phenoxy) is 3. The highest BCUT2D eigenvalue weighted by molar-refractivity contribution is 5.73. The Morgan fingerprint density at radius 1 is 1.44 bits per heavy atom. The van der Waals surface area contributed by atoms with Crippen molar-refractivity contribution in [2.45, 2.75) is 13.3 Å². The number of hydrogen-bond acceptors (Lipinski definition) is 4. The number of methoxy groups -OCH3 is 1.